The van der Waals surface area contributed by atoms with Gasteiger partial charge < -0.3 is 20.9 Å². The van der Waals surface area contributed by atoms with Gasteiger partial charge in [0, 0.05) is 12.1 Å². The smallest absolute Gasteiger partial charge is 0.315 e. The van der Waals surface area contributed by atoms with E-state index in [1.54, 1.807) is 0 Å². The zero-order chi connectivity index (χ0) is 9.42. The fourth-order valence-corrected chi connectivity index (χ4v) is 1.44. The van der Waals surface area contributed by atoms with Crippen molar-refractivity contribution in [3.05, 3.63) is 11.3 Å². The predicted octanol–water partition coefficient (Wildman–Crippen LogP) is -0.306. The van der Waals surface area contributed by atoms with Crippen LogP contribution < -0.4 is 11.5 Å². The first-order valence-corrected chi connectivity index (χ1v) is 3.95. The molecular formula is C7H10N4O2. The number of carbonyl (C=O) groups excluding carboxylic acids is 1. The van der Waals surface area contributed by atoms with Crippen LogP contribution in [0.2, 0.25) is 0 Å². The lowest BCUT2D eigenvalue weighted by Gasteiger charge is -2.23. The van der Waals surface area contributed by atoms with Gasteiger partial charge in [0.25, 0.3) is 0 Å². The highest BCUT2D eigenvalue weighted by Crippen LogP contribution is 2.22. The summed E-state index contributed by atoms with van der Waals surface area (Å²) in [5.41, 5.74) is 12.3. The summed E-state index contributed by atoms with van der Waals surface area (Å²) in [6.07, 6.45) is 0.660. The molecule has 13 heavy (non-hydrogen) atoms. The van der Waals surface area contributed by atoms with E-state index < -0.39 is 6.03 Å². The predicted molar refractivity (Wildman–Crippen MR) is 44.6 cm³/mol. The molecule has 6 nitrogen and oxygen atoms in total. The number of urea groups is 1. The number of anilines is 1. The van der Waals surface area contributed by atoms with E-state index in [1.165, 1.54) is 4.90 Å². The van der Waals surface area contributed by atoms with Crippen molar-refractivity contribution >= 4 is 11.9 Å². The van der Waals surface area contributed by atoms with Crippen LogP contribution in [0.4, 0.5) is 10.7 Å². The number of nitrogens with zero attached hydrogens (tertiary/aromatic N) is 2. The maximum atomic E-state index is 10.8. The molecule has 1 aromatic heterocycles. The molecular weight excluding hydrogens is 172 g/mol. The molecule has 70 valence electrons. The average molecular weight is 182 g/mol. The molecule has 0 radical (unpaired) electrons. The third kappa shape index (κ3) is 1.20. The van der Waals surface area contributed by atoms with Crippen molar-refractivity contribution in [2.45, 2.75) is 13.0 Å². The van der Waals surface area contributed by atoms with Crippen LogP contribution >= 0.6 is 0 Å². The summed E-state index contributed by atoms with van der Waals surface area (Å²) in [5.74, 6) is 0.346. The summed E-state index contributed by atoms with van der Waals surface area (Å²) < 4.78 is 4.79. The molecule has 0 aliphatic carbocycles. The maximum Gasteiger partial charge on any atom is 0.315 e. The van der Waals surface area contributed by atoms with Gasteiger partial charge >= 0.3 is 6.03 Å². The van der Waals surface area contributed by atoms with Gasteiger partial charge in [0.15, 0.2) is 0 Å². The third-order valence-corrected chi connectivity index (χ3v) is 2.18. The van der Waals surface area contributed by atoms with E-state index in [9.17, 15) is 4.79 Å². The Morgan fingerprint density at radius 1 is 1.62 bits per heavy atom. The van der Waals surface area contributed by atoms with E-state index in [4.69, 9.17) is 16.0 Å². The molecule has 0 spiro atoms. The largest absolute Gasteiger partial charge is 0.367 e. The molecule has 1 aliphatic heterocycles. The van der Waals surface area contributed by atoms with Gasteiger partial charge in [-0.15, -0.1) is 0 Å². The molecule has 0 saturated heterocycles. The van der Waals surface area contributed by atoms with Crippen LogP contribution in [0.5, 0.6) is 0 Å². The molecule has 6 heteroatoms. The molecule has 1 aliphatic rings. The topological polar surface area (TPSA) is 98.4 Å². The van der Waals surface area contributed by atoms with E-state index in [1.807, 2.05) is 0 Å². The maximum absolute atomic E-state index is 10.8. The Bertz CT molecular complexity index is 346. The van der Waals surface area contributed by atoms with Crippen molar-refractivity contribution in [2.24, 2.45) is 5.73 Å². The Hall–Kier alpha value is -1.72. The van der Waals surface area contributed by atoms with Gasteiger partial charge in [-0.2, -0.15) is 0 Å². The number of nitrogens with two attached hydrogens (primary N) is 2. The zero-order valence-electron chi connectivity index (χ0n) is 6.99. The lowest BCUT2D eigenvalue weighted by Crippen LogP contribution is -2.39. The minimum Gasteiger partial charge on any atom is -0.367 e. The highest BCUT2D eigenvalue weighted by atomic mass is 16.5. The van der Waals surface area contributed by atoms with E-state index in [0.717, 1.165) is 5.56 Å². The zero-order valence-corrected chi connectivity index (χ0v) is 6.99. The number of fused-ring (bicyclic) bond motifs is 1. The highest BCUT2D eigenvalue weighted by molar-refractivity contribution is 5.72. The summed E-state index contributed by atoms with van der Waals surface area (Å²) in [6, 6.07) is -0.438. The Labute approximate surface area is 74.5 Å². The minimum atomic E-state index is -0.438. The average Bonchev–Trinajstić information content (AvgIpc) is 2.47. The molecule has 0 unspecified atom stereocenters. The standard InChI is InChI=1S/C7H10N4O2/c8-6-4-1-2-11(7(9)12)3-5(4)10-13-6/h1-3,8H2,(H2,9,12). The molecule has 4 N–H and O–H groups in total. The van der Waals surface area contributed by atoms with E-state index in [-0.39, 0.29) is 0 Å². The molecule has 2 rings (SSSR count). The van der Waals surface area contributed by atoms with Crippen molar-refractivity contribution in [1.82, 2.24) is 10.1 Å². The minimum absolute atomic E-state index is 0.346. The lowest BCUT2D eigenvalue weighted by atomic mass is 10.1. The van der Waals surface area contributed by atoms with Crippen LogP contribution in [-0.2, 0) is 13.0 Å². The first-order chi connectivity index (χ1) is 6.18. The van der Waals surface area contributed by atoms with Crippen LogP contribution in [0.25, 0.3) is 0 Å². The number of primary amides is 1. The van der Waals surface area contributed by atoms with Gasteiger partial charge in [0.05, 0.1) is 6.54 Å². The molecule has 0 saturated carbocycles. The molecule has 0 atom stereocenters. The van der Waals surface area contributed by atoms with Gasteiger partial charge in [0.1, 0.15) is 5.69 Å². The Morgan fingerprint density at radius 3 is 3.08 bits per heavy atom. The quantitative estimate of drug-likeness (QED) is 0.575. The van der Waals surface area contributed by atoms with E-state index in [0.29, 0.717) is 31.1 Å². The van der Waals surface area contributed by atoms with E-state index in [2.05, 4.69) is 5.16 Å². The first kappa shape index (κ1) is 7.90. The Morgan fingerprint density at radius 2 is 2.38 bits per heavy atom. The number of nitrogen functional groups attached to an aromatic ring is 1. The van der Waals surface area contributed by atoms with Crippen molar-refractivity contribution in [2.75, 3.05) is 12.3 Å². The van der Waals surface area contributed by atoms with Crippen molar-refractivity contribution in [3.63, 3.8) is 0 Å². The summed E-state index contributed by atoms with van der Waals surface area (Å²) in [5, 5.41) is 3.74. The molecule has 2 amide bonds. The van der Waals surface area contributed by atoms with Crippen molar-refractivity contribution in [1.29, 1.82) is 0 Å². The fraction of sp³-hybridized carbons (Fsp3) is 0.429. The SMILES string of the molecule is NC(=O)N1CCc2c(noc2N)C1. The summed E-state index contributed by atoms with van der Waals surface area (Å²) >= 11 is 0. The van der Waals surface area contributed by atoms with Gasteiger partial charge in [-0.25, -0.2) is 4.79 Å². The van der Waals surface area contributed by atoms with Gasteiger partial charge in [0.2, 0.25) is 5.88 Å². The second-order valence-electron chi connectivity index (χ2n) is 2.98. The lowest BCUT2D eigenvalue weighted by molar-refractivity contribution is 0.201. The Balaban J connectivity index is 2.25. The summed E-state index contributed by atoms with van der Waals surface area (Å²) in [7, 11) is 0. The van der Waals surface area contributed by atoms with Gasteiger partial charge in [-0.1, -0.05) is 5.16 Å². The monoisotopic (exact) mass is 182 g/mol. The van der Waals surface area contributed by atoms with Crippen molar-refractivity contribution in [3.8, 4) is 0 Å². The van der Waals surface area contributed by atoms with Crippen LogP contribution in [0, 0.1) is 0 Å². The fourth-order valence-electron chi connectivity index (χ4n) is 1.44. The number of carbonyl (C=O) groups is 1. The second kappa shape index (κ2) is 2.65. The number of hydrogen-bond donors (Lipinski definition) is 2. The van der Waals surface area contributed by atoms with Gasteiger partial charge in [-0.3, -0.25) is 0 Å². The molecule has 1 aromatic rings. The van der Waals surface area contributed by atoms with Crippen LogP contribution in [-0.4, -0.2) is 22.6 Å². The first-order valence-electron chi connectivity index (χ1n) is 3.95. The number of amides is 2. The molecule has 2 heterocycles. The number of hydrogen-bond acceptors (Lipinski definition) is 4. The molecule has 0 fully saturated rings. The molecule has 0 aromatic carbocycles. The van der Waals surface area contributed by atoms with Crippen LogP contribution in [0.3, 0.4) is 0 Å². The van der Waals surface area contributed by atoms with E-state index >= 15 is 0 Å². The van der Waals surface area contributed by atoms with Crippen LogP contribution in [0.1, 0.15) is 11.3 Å². The number of rotatable bonds is 0. The molecule has 0 bridgehead atoms. The van der Waals surface area contributed by atoms with Crippen LogP contribution in [0.15, 0.2) is 4.52 Å². The highest BCUT2D eigenvalue weighted by Gasteiger charge is 2.24. The number of aromatic nitrogens is 1. The summed E-state index contributed by atoms with van der Waals surface area (Å²) in [4.78, 5) is 12.3. The second-order valence-corrected chi connectivity index (χ2v) is 2.98. The Kier molecular flexibility index (Phi) is 1.61. The van der Waals surface area contributed by atoms with Gasteiger partial charge in [-0.05, 0) is 6.42 Å². The van der Waals surface area contributed by atoms with Crippen molar-refractivity contribution < 1.29 is 9.32 Å². The third-order valence-electron chi connectivity index (χ3n) is 2.18. The normalized spacial score (nSPS) is 15.5. The summed E-state index contributed by atoms with van der Waals surface area (Å²) in [6.45, 7) is 0.971.